The van der Waals surface area contributed by atoms with E-state index in [4.69, 9.17) is 56.8 Å². The van der Waals surface area contributed by atoms with Crippen molar-refractivity contribution in [2.75, 3.05) is 93.0 Å². The average Bonchev–Trinajstić information content (AvgIpc) is 3.38. The summed E-state index contributed by atoms with van der Waals surface area (Å²) in [5.41, 5.74) is 0.710. The highest BCUT2D eigenvalue weighted by molar-refractivity contribution is 5.87. The predicted molar refractivity (Wildman–Crippen MR) is 273 cm³/mol. The van der Waals surface area contributed by atoms with Gasteiger partial charge < -0.3 is 56.8 Å². The maximum absolute atomic E-state index is 12.4. The van der Waals surface area contributed by atoms with Crippen LogP contribution in [0, 0.1) is 0 Å². The van der Waals surface area contributed by atoms with E-state index in [1.807, 2.05) is 84.9 Å². The van der Waals surface area contributed by atoms with E-state index in [2.05, 4.69) is 20.1 Å². The van der Waals surface area contributed by atoms with Gasteiger partial charge in [-0.25, -0.2) is 9.59 Å². The fourth-order valence-electron chi connectivity index (χ4n) is 5.91. The molecule has 0 spiro atoms. The second-order valence-corrected chi connectivity index (χ2v) is 16.6. The number of esters is 4. The molecular formula is C56H80O16. The zero-order valence-corrected chi connectivity index (χ0v) is 43.2. The molecule has 3 aromatic carbocycles. The smallest absolute Gasteiger partial charge is 0.333 e. The number of rotatable bonds is 41. The standard InChI is InChI=1S/C33H46O9.C23H34O7/c1-4-19-38-29-15-17-30(18-16-29)39-24-23-36-20-10-11-21-37-25-31(26-41-28-12-6-5-7-13-28)42-32(34)14-8-9-22-40-33(35)27(2)3;1-19(2)23(25)28-16-8-7-13-22(24)30-21(17-27-15-10-9-14-26-3)18-29-20-11-5-4-6-12-20/h5-7,12-13,15-18,31H,2,4,8-11,14,19-26H2,1,3H3;4-6,11-12,21H,1,7-10,13-18H2,2-3H3. The Morgan fingerprint density at radius 1 is 0.431 bits per heavy atom. The summed E-state index contributed by atoms with van der Waals surface area (Å²) >= 11 is 0. The van der Waals surface area contributed by atoms with Crippen molar-refractivity contribution >= 4 is 23.9 Å². The second kappa shape index (κ2) is 41.7. The van der Waals surface area contributed by atoms with Crippen LogP contribution in [0.3, 0.4) is 0 Å². The molecule has 0 saturated heterocycles. The molecule has 0 fully saturated rings. The summed E-state index contributed by atoms with van der Waals surface area (Å²) in [5.74, 6) is 1.50. The van der Waals surface area contributed by atoms with Gasteiger partial charge in [-0.2, -0.15) is 0 Å². The van der Waals surface area contributed by atoms with Gasteiger partial charge in [0.2, 0.25) is 0 Å². The average molecular weight is 1010 g/mol. The summed E-state index contributed by atoms with van der Waals surface area (Å²) in [6.45, 7) is 17.8. The topological polar surface area (TPSA) is 179 Å². The Labute approximate surface area is 427 Å². The van der Waals surface area contributed by atoms with Crippen LogP contribution in [0.25, 0.3) is 0 Å². The summed E-state index contributed by atoms with van der Waals surface area (Å²) in [6, 6.07) is 26.3. The third-order valence-corrected chi connectivity index (χ3v) is 9.78. The third-order valence-electron chi connectivity index (χ3n) is 9.78. The number of ether oxygens (including phenoxy) is 12. The Morgan fingerprint density at radius 3 is 1.24 bits per heavy atom. The van der Waals surface area contributed by atoms with Crippen LogP contribution in [0.15, 0.2) is 109 Å². The molecule has 72 heavy (non-hydrogen) atoms. The molecule has 0 bridgehead atoms. The molecule has 0 aliphatic rings. The first-order valence-corrected chi connectivity index (χ1v) is 25.0. The van der Waals surface area contributed by atoms with Gasteiger partial charge in [0.15, 0.2) is 12.2 Å². The Bertz CT molecular complexity index is 1890. The van der Waals surface area contributed by atoms with E-state index in [1.54, 1.807) is 21.0 Å². The van der Waals surface area contributed by atoms with Gasteiger partial charge in [0, 0.05) is 57.5 Å². The molecule has 2 atom stereocenters. The van der Waals surface area contributed by atoms with E-state index in [1.165, 1.54) is 0 Å². The number of hydrogen-bond donors (Lipinski definition) is 0. The molecule has 16 heteroatoms. The fourth-order valence-corrected chi connectivity index (χ4v) is 5.91. The van der Waals surface area contributed by atoms with Crippen LogP contribution < -0.4 is 18.9 Å². The van der Waals surface area contributed by atoms with Crippen LogP contribution in [0.1, 0.15) is 91.4 Å². The summed E-state index contributed by atoms with van der Waals surface area (Å²) in [5, 5.41) is 0. The molecule has 0 aliphatic carbocycles. The molecule has 3 aromatic rings. The minimum Gasteiger partial charge on any atom is -0.494 e. The zero-order chi connectivity index (χ0) is 52.3. The summed E-state index contributed by atoms with van der Waals surface area (Å²) in [6.07, 6.45) is 6.06. The number of carbonyl (C=O) groups is 4. The highest BCUT2D eigenvalue weighted by Crippen LogP contribution is 2.18. The van der Waals surface area contributed by atoms with E-state index in [-0.39, 0.29) is 64.4 Å². The maximum Gasteiger partial charge on any atom is 0.333 e. The predicted octanol–water partition coefficient (Wildman–Crippen LogP) is 9.66. The monoisotopic (exact) mass is 1010 g/mol. The number of hydrogen-bond acceptors (Lipinski definition) is 16. The van der Waals surface area contributed by atoms with Crippen molar-refractivity contribution in [2.24, 2.45) is 0 Å². The highest BCUT2D eigenvalue weighted by atomic mass is 16.6. The van der Waals surface area contributed by atoms with E-state index < -0.39 is 24.1 Å². The van der Waals surface area contributed by atoms with Gasteiger partial charge in [0.05, 0.1) is 39.6 Å². The lowest BCUT2D eigenvalue weighted by Gasteiger charge is -2.19. The first kappa shape index (κ1) is 62.2. The number of methoxy groups -OCH3 is 1. The van der Waals surface area contributed by atoms with Gasteiger partial charge in [-0.3, -0.25) is 9.59 Å². The van der Waals surface area contributed by atoms with Crippen molar-refractivity contribution in [3.8, 4) is 23.0 Å². The van der Waals surface area contributed by atoms with Crippen LogP contribution >= 0.6 is 0 Å². The van der Waals surface area contributed by atoms with Gasteiger partial charge in [-0.1, -0.05) is 56.5 Å². The minimum atomic E-state index is -0.542. The maximum atomic E-state index is 12.4. The number of carbonyl (C=O) groups excluding carboxylic acids is 4. The molecular weight excluding hydrogens is 929 g/mol. The summed E-state index contributed by atoms with van der Waals surface area (Å²) in [4.78, 5) is 47.3. The van der Waals surface area contributed by atoms with Gasteiger partial charge >= 0.3 is 23.9 Å². The SMILES string of the molecule is C=C(C)C(=O)OCCCCC(=O)OC(COCCCCOC)COc1ccccc1.C=C(C)C(=O)OCCCCC(=O)OC(COCCCCOCCOc1ccc(OCCC)cc1)COc1ccccc1. The van der Waals surface area contributed by atoms with Crippen molar-refractivity contribution in [1.82, 2.24) is 0 Å². The number of benzene rings is 3. The second-order valence-electron chi connectivity index (χ2n) is 16.6. The normalized spacial score (nSPS) is 11.4. The Hall–Kier alpha value is -5.94. The van der Waals surface area contributed by atoms with E-state index in [0.29, 0.717) is 94.6 Å². The molecule has 400 valence electrons. The lowest BCUT2D eigenvalue weighted by Crippen LogP contribution is -2.30. The first-order valence-electron chi connectivity index (χ1n) is 25.0. The molecule has 0 heterocycles. The van der Waals surface area contributed by atoms with E-state index in [9.17, 15) is 19.2 Å². The molecule has 0 amide bonds. The largest absolute Gasteiger partial charge is 0.494 e. The van der Waals surface area contributed by atoms with Crippen molar-refractivity contribution in [3.63, 3.8) is 0 Å². The van der Waals surface area contributed by atoms with Crippen molar-refractivity contribution in [1.29, 1.82) is 0 Å². The molecule has 0 aromatic heterocycles. The lowest BCUT2D eigenvalue weighted by atomic mass is 10.2. The van der Waals surface area contributed by atoms with Crippen molar-refractivity contribution < 1.29 is 76.0 Å². The van der Waals surface area contributed by atoms with Gasteiger partial charge in [-0.15, -0.1) is 0 Å². The van der Waals surface area contributed by atoms with Crippen LogP contribution in [0.2, 0.25) is 0 Å². The summed E-state index contributed by atoms with van der Waals surface area (Å²) < 4.78 is 66.1. The molecule has 0 radical (unpaired) electrons. The quantitative estimate of drug-likeness (QED) is 0.0227. The lowest BCUT2D eigenvalue weighted by molar-refractivity contribution is -0.155. The fraction of sp³-hybridized carbons (Fsp3) is 0.536. The van der Waals surface area contributed by atoms with Gasteiger partial charge in [0.1, 0.15) is 42.8 Å². The minimum absolute atomic E-state index is 0.184. The summed E-state index contributed by atoms with van der Waals surface area (Å²) in [7, 11) is 1.67. The molecule has 0 aliphatic heterocycles. The van der Waals surface area contributed by atoms with Crippen LogP contribution in [0.5, 0.6) is 23.0 Å². The Morgan fingerprint density at radius 2 is 0.819 bits per heavy atom. The van der Waals surface area contributed by atoms with Crippen LogP contribution in [-0.2, 0) is 57.1 Å². The van der Waals surface area contributed by atoms with Gasteiger partial charge in [0.25, 0.3) is 0 Å². The van der Waals surface area contributed by atoms with E-state index >= 15 is 0 Å². The Balaban J connectivity index is 0.000000523. The first-order chi connectivity index (χ1) is 35.0. The third kappa shape index (κ3) is 33.6. The molecule has 16 nitrogen and oxygen atoms in total. The van der Waals surface area contributed by atoms with Crippen molar-refractivity contribution in [3.05, 3.63) is 109 Å². The highest BCUT2D eigenvalue weighted by Gasteiger charge is 2.18. The van der Waals surface area contributed by atoms with Crippen LogP contribution in [0.4, 0.5) is 0 Å². The molecule has 0 saturated carbocycles. The zero-order valence-electron chi connectivity index (χ0n) is 43.2. The molecule has 3 rings (SSSR count). The van der Waals surface area contributed by atoms with E-state index in [0.717, 1.165) is 43.6 Å². The van der Waals surface area contributed by atoms with Gasteiger partial charge in [-0.05, 0) is 120 Å². The molecule has 2 unspecified atom stereocenters. The Kier molecular flexibility index (Phi) is 36.0. The number of unbranched alkanes of at least 4 members (excludes halogenated alkanes) is 4. The molecule has 0 N–H and O–H groups in total. The number of para-hydroxylation sites is 2. The van der Waals surface area contributed by atoms with Crippen molar-refractivity contribution in [2.45, 2.75) is 104 Å². The van der Waals surface area contributed by atoms with Crippen LogP contribution in [-0.4, -0.2) is 129 Å².